The molecule has 0 aliphatic carbocycles. The maximum atomic E-state index is 16.0. The maximum Gasteiger partial charge on any atom is 0.330 e. The Bertz CT molecular complexity index is 4070. The van der Waals surface area contributed by atoms with Gasteiger partial charge in [-0.1, -0.05) is 55.2 Å². The Kier molecular flexibility index (Phi) is 22.2. The van der Waals surface area contributed by atoms with Gasteiger partial charge in [-0.2, -0.15) is 0 Å². The highest BCUT2D eigenvalue weighted by molar-refractivity contribution is 6.32. The lowest BCUT2D eigenvalue weighted by Crippen LogP contribution is -2.64. The van der Waals surface area contributed by atoms with Crippen molar-refractivity contribution in [3.63, 3.8) is 0 Å². The van der Waals surface area contributed by atoms with Gasteiger partial charge in [-0.05, 0) is 110 Å². The number of primary amides is 1. The van der Waals surface area contributed by atoms with Crippen molar-refractivity contribution in [2.24, 2.45) is 17.4 Å². The summed E-state index contributed by atoms with van der Waals surface area (Å²) in [5.74, 6) is -16.0. The van der Waals surface area contributed by atoms with Crippen LogP contribution in [0.3, 0.4) is 0 Å². The van der Waals surface area contributed by atoms with Gasteiger partial charge in [0.2, 0.25) is 53.4 Å². The molecular formula is C66H75Cl2N9O24. The number of aliphatic carboxylic acids is 1. The number of phenolic OH excluding ortho intramolecular Hbond substituents is 3. The molecule has 35 heteroatoms. The number of halogens is 2. The van der Waals surface area contributed by atoms with Crippen LogP contribution in [0.5, 0.6) is 46.0 Å². The van der Waals surface area contributed by atoms with Gasteiger partial charge in [0.25, 0.3) is 0 Å². The summed E-state index contributed by atoms with van der Waals surface area (Å²) >= 11 is 14.1. The Labute approximate surface area is 584 Å². The molecule has 7 amide bonds. The molecule has 12 rings (SSSR count). The van der Waals surface area contributed by atoms with Gasteiger partial charge in [0, 0.05) is 34.7 Å². The van der Waals surface area contributed by atoms with Crippen molar-refractivity contribution >= 4 is 70.5 Å². The predicted octanol–water partition coefficient (Wildman–Crippen LogP) is 0.106. The summed E-state index contributed by atoms with van der Waals surface area (Å²) in [5.41, 5.74) is 8.00. The molecule has 2 saturated heterocycles. The maximum absolute atomic E-state index is 16.0. The van der Waals surface area contributed by atoms with Crippen molar-refractivity contribution in [2.45, 2.75) is 156 Å². The average molecular weight is 1450 g/mol. The highest BCUT2D eigenvalue weighted by Gasteiger charge is 2.51. The van der Waals surface area contributed by atoms with Gasteiger partial charge in [0.1, 0.15) is 89.5 Å². The second-order valence-corrected chi connectivity index (χ2v) is 26.5. The number of hydrogen-bond donors (Lipinski definition) is 19. The van der Waals surface area contributed by atoms with Crippen LogP contribution < -0.4 is 62.9 Å². The summed E-state index contributed by atoms with van der Waals surface area (Å²) in [6, 6.07) is -0.679. The summed E-state index contributed by atoms with van der Waals surface area (Å²) < 4.78 is 38.3. The van der Waals surface area contributed by atoms with E-state index in [9.17, 15) is 75.0 Å². The largest absolute Gasteiger partial charge is 0.508 e. The summed E-state index contributed by atoms with van der Waals surface area (Å²) in [6.45, 7) is 5.66. The van der Waals surface area contributed by atoms with Crippen LogP contribution in [0.4, 0.5) is 0 Å². The Morgan fingerprint density at radius 3 is 1.90 bits per heavy atom. The topological polar surface area (TPSA) is 530 Å². The number of ether oxygens (including phenoxy) is 6. The van der Waals surface area contributed by atoms with Crippen molar-refractivity contribution in [2.75, 3.05) is 13.7 Å². The highest BCUT2D eigenvalue weighted by atomic mass is 35.5. The van der Waals surface area contributed by atoms with Crippen LogP contribution in [0.1, 0.15) is 105 Å². The first-order valence-electron chi connectivity index (χ1n) is 31.6. The molecule has 101 heavy (non-hydrogen) atoms. The van der Waals surface area contributed by atoms with Gasteiger partial charge < -0.3 is 128 Å². The number of fused-ring (bicyclic) bond motifs is 15. The minimum Gasteiger partial charge on any atom is -0.508 e. The third-order valence-corrected chi connectivity index (χ3v) is 18.4. The minimum atomic E-state index is -2.35. The number of carbonyl (C=O) groups excluding carboxylic acids is 7. The SMILES string of the molecule is CN[C@H](CC(C)C)C(=O)N[C@H]1C(=O)N[C@@H](CC(N)=O)C(=O)N[C@H]2C(=O)N[C@H]3C(=O)N[C@H](C(=O)N[C@H](C(=O)O)c4cc(O)cc(O)c4-c4cc3ccc4O)[C@H](O)c3ccc(c(Cl)c3)Oc3cc2cc(c3O[C@@H]2O[C@H](CO)[C@@H](O)[C@H](O)[C@H]2O[C@@H]2C[C@](C)(N)[C@H](O)[C@H](C)O2)Oc2ccc(cc2Cl)[C@H]1O. The standard InChI is InChI=1S/C66H75Cl2N9O24/c1-23(2)12-34(71-5)58(88)76-49-51(83)26-7-10-38(32(67)14-26)97-40-16-28-17-41(55(40)101-65-56(54(86)53(85)42(22-78)99-65)100-44-21-66(4,70)57(87)24(3)96-44)98-39-11-8-27(15-33(39)68)52(84)50-63(93)75-48(64(94)95)31-18-29(79)19-37(81)45(31)30-13-25(6-9-36(30)80)46(60(90)77-50)74-61(91)47(28)73-59(89)35(20-43(69)82)72-62(49)92/h6-11,13-19,23-24,34-35,42,44,46-54,56-57,65,71,78-81,83-87H,12,20-22,70H2,1-5H3,(H2,69,82)(H,72,92)(H,73,89)(H,74,91)(H,75,93)(H,76,88)(H,77,90)(H,94,95)/t24-,34+,35-,42+,44+,46+,47+,48-,49+,50-,51+,52+,53+,54-,56+,57+,65-,66-/m0/s1. The van der Waals surface area contributed by atoms with E-state index in [-0.39, 0.29) is 46.2 Å². The number of nitrogens with two attached hydrogens (primary N) is 2. The summed E-state index contributed by atoms with van der Waals surface area (Å²) in [7, 11) is 1.47. The normalized spacial score (nSPS) is 29.4. The van der Waals surface area contributed by atoms with Crippen LogP contribution in [-0.4, -0.2) is 191 Å². The van der Waals surface area contributed by atoms with Crippen LogP contribution in [0, 0.1) is 5.92 Å². The lowest BCUT2D eigenvalue weighted by molar-refractivity contribution is -0.333. The Morgan fingerprint density at radius 1 is 0.713 bits per heavy atom. The van der Waals surface area contributed by atoms with Gasteiger partial charge in [-0.3, -0.25) is 33.6 Å². The smallest absolute Gasteiger partial charge is 0.330 e. The zero-order valence-corrected chi connectivity index (χ0v) is 55.8. The molecule has 7 heterocycles. The molecule has 0 aromatic heterocycles. The van der Waals surface area contributed by atoms with E-state index < -0.39 is 237 Å². The third kappa shape index (κ3) is 15.8. The number of likely N-dealkylation sites (N-methyl/N-ethyl adjacent to an activating group) is 1. The highest BCUT2D eigenvalue weighted by Crippen LogP contribution is 2.50. The third-order valence-electron chi connectivity index (χ3n) is 17.8. The molecule has 11 bridgehead atoms. The molecule has 0 unspecified atom stereocenters. The zero-order valence-electron chi connectivity index (χ0n) is 54.3. The zero-order chi connectivity index (χ0) is 73.5. The van der Waals surface area contributed by atoms with E-state index in [1.54, 1.807) is 0 Å². The van der Waals surface area contributed by atoms with E-state index in [2.05, 4.69) is 37.2 Å². The van der Waals surface area contributed by atoms with E-state index in [0.717, 1.165) is 66.7 Å². The molecule has 0 saturated carbocycles. The molecule has 5 aromatic carbocycles. The number of carboxylic acid groups (broad SMARTS) is 1. The first kappa shape index (κ1) is 74.5. The van der Waals surface area contributed by atoms with Crippen LogP contribution in [0.15, 0.2) is 78.9 Å². The molecular weight excluding hydrogens is 1370 g/mol. The van der Waals surface area contributed by atoms with E-state index >= 15 is 14.4 Å². The molecule has 0 radical (unpaired) electrons. The van der Waals surface area contributed by atoms with Crippen molar-refractivity contribution in [1.29, 1.82) is 0 Å². The van der Waals surface area contributed by atoms with E-state index in [0.29, 0.717) is 0 Å². The van der Waals surface area contributed by atoms with Gasteiger partial charge >= 0.3 is 5.97 Å². The Balaban J connectivity index is 1.24. The number of carbonyl (C=O) groups is 8. The first-order valence-corrected chi connectivity index (χ1v) is 32.4. The van der Waals surface area contributed by atoms with Crippen LogP contribution in [0.25, 0.3) is 11.1 Å². The number of aliphatic hydroxyl groups is 6. The minimum absolute atomic E-state index is 0.0975. The molecule has 33 nitrogen and oxygen atoms in total. The Hall–Kier alpha value is -9.20. The van der Waals surface area contributed by atoms with E-state index in [4.69, 9.17) is 63.1 Å². The second-order valence-electron chi connectivity index (χ2n) is 25.7. The quantitative estimate of drug-likeness (QED) is 0.0743. The van der Waals surface area contributed by atoms with Gasteiger partial charge in [0.05, 0.1) is 41.3 Å². The van der Waals surface area contributed by atoms with Crippen molar-refractivity contribution in [3.8, 4) is 57.1 Å². The lowest BCUT2D eigenvalue weighted by Gasteiger charge is -2.47. The molecule has 7 aliphatic rings. The number of phenols is 3. The monoisotopic (exact) mass is 1450 g/mol. The summed E-state index contributed by atoms with van der Waals surface area (Å²) in [4.78, 5) is 117. The van der Waals surface area contributed by atoms with Crippen LogP contribution in [-0.2, 0) is 52.6 Å². The molecule has 542 valence electrons. The van der Waals surface area contributed by atoms with E-state index in [1.807, 2.05) is 13.8 Å². The number of aliphatic hydroxyl groups excluding tert-OH is 6. The van der Waals surface area contributed by atoms with Crippen molar-refractivity contribution < 1.29 is 118 Å². The fourth-order valence-electron chi connectivity index (χ4n) is 12.5. The molecule has 7 aliphatic heterocycles. The average Bonchev–Trinajstić information content (AvgIpc) is 0.775. The van der Waals surface area contributed by atoms with Gasteiger partial charge in [0.15, 0.2) is 29.9 Å². The van der Waals surface area contributed by atoms with Gasteiger partial charge in [-0.25, -0.2) is 4.79 Å². The van der Waals surface area contributed by atoms with Crippen LogP contribution in [0.2, 0.25) is 10.0 Å². The molecule has 0 spiro atoms. The number of nitrogens with one attached hydrogen (secondary N) is 7. The molecule has 5 aromatic rings. The number of hydrogen-bond acceptors (Lipinski definition) is 25. The molecule has 21 N–H and O–H groups in total. The molecule has 2 fully saturated rings. The number of amides is 7. The fourth-order valence-corrected chi connectivity index (χ4v) is 12.9. The van der Waals surface area contributed by atoms with Gasteiger partial charge in [-0.15, -0.1) is 0 Å². The molecule has 18 atom stereocenters. The van der Waals surface area contributed by atoms with Crippen molar-refractivity contribution in [1.82, 2.24) is 37.2 Å². The second kappa shape index (κ2) is 30.2. The summed E-state index contributed by atoms with van der Waals surface area (Å²) in [6.07, 6.45) is -18.6. The first-order chi connectivity index (χ1) is 47.7. The van der Waals surface area contributed by atoms with Crippen molar-refractivity contribution in [3.05, 3.63) is 117 Å². The van der Waals surface area contributed by atoms with E-state index in [1.165, 1.54) is 33.0 Å². The number of benzene rings is 5. The lowest BCUT2D eigenvalue weighted by atomic mass is 9.86. The summed E-state index contributed by atoms with van der Waals surface area (Å²) in [5, 5.41) is 131. The Morgan fingerprint density at radius 2 is 1.32 bits per heavy atom. The number of rotatable bonds is 13. The number of aromatic hydroxyl groups is 3. The predicted molar refractivity (Wildman–Crippen MR) is 349 cm³/mol. The van der Waals surface area contributed by atoms with Crippen LogP contribution >= 0.6 is 23.2 Å². The fraction of sp³-hybridized carbons (Fsp3) is 0.424. The number of carboxylic acids is 1.